The minimum atomic E-state index is 0.606. The fourth-order valence-corrected chi connectivity index (χ4v) is 2.39. The molecule has 1 heterocycles. The maximum absolute atomic E-state index is 5.85. The third-order valence-corrected chi connectivity index (χ3v) is 3.46. The Morgan fingerprint density at radius 3 is 2.65 bits per heavy atom. The number of ether oxygens (including phenoxy) is 1. The number of anilines is 1. The number of nitrogen functional groups attached to an aromatic ring is 1. The van der Waals surface area contributed by atoms with Gasteiger partial charge in [0.25, 0.3) is 0 Å². The molecule has 3 nitrogen and oxygen atoms in total. The first-order valence-corrected chi connectivity index (χ1v) is 6.61. The molecule has 17 heavy (non-hydrogen) atoms. The zero-order chi connectivity index (χ0) is 12.1. The Labute approximate surface area is 103 Å². The molecule has 1 fully saturated rings. The summed E-state index contributed by atoms with van der Waals surface area (Å²) in [6.07, 6.45) is 8.00. The van der Waals surface area contributed by atoms with E-state index in [1.807, 2.05) is 19.1 Å². The topological polar surface area (TPSA) is 48.1 Å². The van der Waals surface area contributed by atoms with Crippen LogP contribution in [0, 0.1) is 12.8 Å². The van der Waals surface area contributed by atoms with E-state index in [1.165, 1.54) is 38.5 Å². The molecule has 1 aromatic rings. The minimum absolute atomic E-state index is 0.606. The molecule has 0 aliphatic heterocycles. The summed E-state index contributed by atoms with van der Waals surface area (Å²) in [5.74, 6) is 1.29. The van der Waals surface area contributed by atoms with Gasteiger partial charge in [-0.3, -0.25) is 0 Å². The molecule has 3 heteroatoms. The summed E-state index contributed by atoms with van der Waals surface area (Å²) in [7, 11) is 0. The predicted molar refractivity (Wildman–Crippen MR) is 70.1 cm³/mol. The second-order valence-corrected chi connectivity index (χ2v) is 5.02. The Morgan fingerprint density at radius 2 is 1.94 bits per heavy atom. The van der Waals surface area contributed by atoms with E-state index in [9.17, 15) is 0 Å². The van der Waals surface area contributed by atoms with E-state index in [2.05, 4.69) is 4.98 Å². The summed E-state index contributed by atoms with van der Waals surface area (Å²) in [6.45, 7) is 2.72. The van der Waals surface area contributed by atoms with Crippen LogP contribution in [0.2, 0.25) is 0 Å². The molecule has 0 bridgehead atoms. The standard InChI is InChI=1S/C14H22N2O/c1-11-8-9-13(15)14(16-11)17-10-12-6-4-2-3-5-7-12/h8-9,12H,2-7,10,15H2,1H3. The first-order valence-electron chi connectivity index (χ1n) is 6.61. The van der Waals surface area contributed by atoms with Crippen molar-refractivity contribution >= 4 is 5.69 Å². The number of rotatable bonds is 3. The van der Waals surface area contributed by atoms with Gasteiger partial charge >= 0.3 is 0 Å². The molecule has 0 unspecified atom stereocenters. The summed E-state index contributed by atoms with van der Waals surface area (Å²) in [6, 6.07) is 3.78. The van der Waals surface area contributed by atoms with Crippen LogP contribution in [0.3, 0.4) is 0 Å². The molecule has 2 rings (SSSR count). The molecular formula is C14H22N2O. The van der Waals surface area contributed by atoms with E-state index < -0.39 is 0 Å². The molecule has 0 aromatic carbocycles. The summed E-state index contributed by atoms with van der Waals surface area (Å²) in [5.41, 5.74) is 7.44. The van der Waals surface area contributed by atoms with Crippen LogP contribution in [0.4, 0.5) is 5.69 Å². The van der Waals surface area contributed by atoms with Crippen LogP contribution in [0.1, 0.15) is 44.2 Å². The number of nitrogens with zero attached hydrogens (tertiary/aromatic N) is 1. The van der Waals surface area contributed by atoms with Gasteiger partial charge in [-0.15, -0.1) is 0 Å². The summed E-state index contributed by atoms with van der Waals surface area (Å²) in [5, 5.41) is 0. The van der Waals surface area contributed by atoms with E-state index >= 15 is 0 Å². The van der Waals surface area contributed by atoms with Crippen LogP contribution in [-0.2, 0) is 0 Å². The maximum atomic E-state index is 5.85. The van der Waals surface area contributed by atoms with Gasteiger partial charge in [0.1, 0.15) is 0 Å². The van der Waals surface area contributed by atoms with Gasteiger partial charge in [-0.25, -0.2) is 4.98 Å². The number of nitrogens with two attached hydrogens (primary N) is 1. The van der Waals surface area contributed by atoms with Crippen LogP contribution < -0.4 is 10.5 Å². The van der Waals surface area contributed by atoms with Crippen molar-refractivity contribution in [1.82, 2.24) is 4.98 Å². The van der Waals surface area contributed by atoms with Gasteiger partial charge in [0.2, 0.25) is 5.88 Å². The molecule has 1 aromatic heterocycles. The van der Waals surface area contributed by atoms with Crippen molar-refractivity contribution < 1.29 is 4.74 Å². The van der Waals surface area contributed by atoms with Crippen molar-refractivity contribution in [3.63, 3.8) is 0 Å². The molecule has 94 valence electrons. The average Bonchev–Trinajstić information content (AvgIpc) is 2.59. The van der Waals surface area contributed by atoms with Crippen molar-refractivity contribution in [3.05, 3.63) is 17.8 Å². The first-order chi connectivity index (χ1) is 8.25. The third kappa shape index (κ3) is 3.62. The summed E-state index contributed by atoms with van der Waals surface area (Å²) >= 11 is 0. The Bertz CT molecular complexity index is 357. The van der Waals surface area contributed by atoms with Crippen molar-refractivity contribution in [2.45, 2.75) is 45.4 Å². The van der Waals surface area contributed by atoms with Crippen LogP contribution in [-0.4, -0.2) is 11.6 Å². The van der Waals surface area contributed by atoms with Gasteiger partial charge in [0.05, 0.1) is 12.3 Å². The van der Waals surface area contributed by atoms with Gasteiger partial charge in [-0.2, -0.15) is 0 Å². The SMILES string of the molecule is Cc1ccc(N)c(OCC2CCCCCC2)n1. The molecular weight excluding hydrogens is 212 g/mol. The minimum Gasteiger partial charge on any atom is -0.476 e. The molecule has 1 aliphatic carbocycles. The highest BCUT2D eigenvalue weighted by Crippen LogP contribution is 2.25. The Morgan fingerprint density at radius 1 is 1.24 bits per heavy atom. The van der Waals surface area contributed by atoms with Gasteiger partial charge in [-0.05, 0) is 37.8 Å². The molecule has 2 N–H and O–H groups in total. The van der Waals surface area contributed by atoms with Gasteiger partial charge < -0.3 is 10.5 Å². The number of hydrogen-bond donors (Lipinski definition) is 1. The Kier molecular flexibility index (Phi) is 4.24. The van der Waals surface area contributed by atoms with E-state index in [0.717, 1.165) is 12.3 Å². The monoisotopic (exact) mass is 234 g/mol. The Hall–Kier alpha value is -1.25. The van der Waals surface area contributed by atoms with Crippen molar-refractivity contribution in [1.29, 1.82) is 0 Å². The van der Waals surface area contributed by atoms with E-state index in [4.69, 9.17) is 10.5 Å². The predicted octanol–water partition coefficient (Wildman–Crippen LogP) is 3.32. The van der Waals surface area contributed by atoms with E-state index in [-0.39, 0.29) is 0 Å². The summed E-state index contributed by atoms with van der Waals surface area (Å²) < 4.78 is 5.78. The number of hydrogen-bond acceptors (Lipinski definition) is 3. The van der Waals surface area contributed by atoms with Crippen LogP contribution in [0.15, 0.2) is 12.1 Å². The molecule has 1 saturated carbocycles. The smallest absolute Gasteiger partial charge is 0.237 e. The van der Waals surface area contributed by atoms with Gasteiger partial charge in [0.15, 0.2) is 0 Å². The summed E-state index contributed by atoms with van der Waals surface area (Å²) in [4.78, 5) is 4.33. The molecule has 1 aliphatic rings. The molecule has 0 atom stereocenters. The lowest BCUT2D eigenvalue weighted by Crippen LogP contribution is -2.13. The van der Waals surface area contributed by atoms with Crippen molar-refractivity contribution in [3.8, 4) is 5.88 Å². The van der Waals surface area contributed by atoms with Crippen LogP contribution in [0.25, 0.3) is 0 Å². The quantitative estimate of drug-likeness (QED) is 0.816. The highest BCUT2D eigenvalue weighted by molar-refractivity contribution is 5.48. The van der Waals surface area contributed by atoms with E-state index in [0.29, 0.717) is 17.5 Å². The maximum Gasteiger partial charge on any atom is 0.237 e. The lowest BCUT2D eigenvalue weighted by Gasteiger charge is -2.15. The van der Waals surface area contributed by atoms with Crippen LogP contribution in [0.5, 0.6) is 5.88 Å². The molecule has 0 spiro atoms. The van der Waals surface area contributed by atoms with Crippen LogP contribution >= 0.6 is 0 Å². The zero-order valence-electron chi connectivity index (χ0n) is 10.6. The lowest BCUT2D eigenvalue weighted by molar-refractivity contribution is 0.227. The highest BCUT2D eigenvalue weighted by atomic mass is 16.5. The van der Waals surface area contributed by atoms with E-state index in [1.54, 1.807) is 0 Å². The third-order valence-electron chi connectivity index (χ3n) is 3.46. The molecule has 0 saturated heterocycles. The van der Waals surface area contributed by atoms with Gasteiger partial charge in [-0.1, -0.05) is 25.7 Å². The number of pyridine rings is 1. The van der Waals surface area contributed by atoms with Gasteiger partial charge in [0, 0.05) is 5.69 Å². The van der Waals surface area contributed by atoms with Crippen molar-refractivity contribution in [2.75, 3.05) is 12.3 Å². The second-order valence-electron chi connectivity index (χ2n) is 5.02. The lowest BCUT2D eigenvalue weighted by atomic mass is 10.0. The fourth-order valence-electron chi connectivity index (χ4n) is 2.39. The highest BCUT2D eigenvalue weighted by Gasteiger charge is 2.14. The number of aromatic nitrogens is 1. The average molecular weight is 234 g/mol. The Balaban J connectivity index is 1.89. The molecule has 0 amide bonds. The molecule has 0 radical (unpaired) electrons. The normalized spacial score (nSPS) is 17.7. The van der Waals surface area contributed by atoms with Crippen molar-refractivity contribution in [2.24, 2.45) is 5.92 Å². The fraction of sp³-hybridized carbons (Fsp3) is 0.643. The zero-order valence-corrected chi connectivity index (χ0v) is 10.6. The largest absolute Gasteiger partial charge is 0.476 e. The second kappa shape index (κ2) is 5.89. The first kappa shape index (κ1) is 12.2. The number of aryl methyl sites for hydroxylation is 1.